The normalized spacial score (nSPS) is 35.1. The molecule has 2 nitrogen and oxygen atoms in total. The molecule has 3 atom stereocenters. The molecular formula is C16H22O2. The number of rotatable bonds is 0. The Morgan fingerprint density at radius 1 is 1.33 bits per heavy atom. The zero-order chi connectivity index (χ0) is 12.8. The molecular weight excluding hydrogens is 224 g/mol. The maximum absolute atomic E-state index is 10.4. The van der Waals surface area contributed by atoms with Gasteiger partial charge in [-0.25, -0.2) is 0 Å². The average molecular weight is 246 g/mol. The van der Waals surface area contributed by atoms with E-state index in [1.807, 2.05) is 6.07 Å². The van der Waals surface area contributed by atoms with Crippen LogP contribution in [0.2, 0.25) is 0 Å². The largest absolute Gasteiger partial charge is 0.487 e. The summed E-state index contributed by atoms with van der Waals surface area (Å²) in [7, 11) is 0. The van der Waals surface area contributed by atoms with Crippen molar-refractivity contribution in [2.45, 2.75) is 57.7 Å². The van der Waals surface area contributed by atoms with Gasteiger partial charge in [0.2, 0.25) is 0 Å². The zero-order valence-corrected chi connectivity index (χ0v) is 11.3. The maximum Gasteiger partial charge on any atom is 0.125 e. The summed E-state index contributed by atoms with van der Waals surface area (Å²) in [6.07, 6.45) is 5.07. The highest BCUT2D eigenvalue weighted by atomic mass is 16.5. The highest BCUT2D eigenvalue weighted by Gasteiger charge is 2.42. The first-order valence-electron chi connectivity index (χ1n) is 7.06. The molecule has 1 heterocycles. The molecule has 2 aliphatic rings. The minimum atomic E-state index is -0.362. The van der Waals surface area contributed by atoms with Crippen LogP contribution in [0.3, 0.4) is 0 Å². The Kier molecular flexibility index (Phi) is 2.86. The van der Waals surface area contributed by atoms with Gasteiger partial charge in [0, 0.05) is 12.0 Å². The summed E-state index contributed by atoms with van der Waals surface area (Å²) in [6.45, 7) is 4.35. The number of aryl methyl sites for hydroxylation is 1. The molecule has 98 valence electrons. The van der Waals surface area contributed by atoms with Gasteiger partial charge < -0.3 is 9.84 Å². The van der Waals surface area contributed by atoms with Crippen molar-refractivity contribution in [1.29, 1.82) is 0 Å². The fourth-order valence-corrected chi connectivity index (χ4v) is 3.65. The number of hydrogen-bond donors (Lipinski definition) is 1. The lowest BCUT2D eigenvalue weighted by atomic mass is 9.74. The lowest BCUT2D eigenvalue weighted by Gasteiger charge is -2.45. The van der Waals surface area contributed by atoms with Gasteiger partial charge >= 0.3 is 0 Å². The molecule has 0 bridgehead atoms. The molecule has 3 rings (SSSR count). The molecule has 2 unspecified atom stereocenters. The van der Waals surface area contributed by atoms with Crippen LogP contribution >= 0.6 is 0 Å². The second-order valence-electron chi connectivity index (χ2n) is 6.25. The van der Waals surface area contributed by atoms with Gasteiger partial charge in [0.15, 0.2) is 0 Å². The number of fused-ring (bicyclic) bond motifs is 1. The first-order valence-corrected chi connectivity index (χ1v) is 7.06. The van der Waals surface area contributed by atoms with Crippen LogP contribution in [0, 0.1) is 12.8 Å². The smallest absolute Gasteiger partial charge is 0.125 e. The second-order valence-corrected chi connectivity index (χ2v) is 6.25. The van der Waals surface area contributed by atoms with Gasteiger partial charge in [-0.05, 0) is 44.2 Å². The van der Waals surface area contributed by atoms with E-state index in [0.29, 0.717) is 5.92 Å². The van der Waals surface area contributed by atoms with Crippen LogP contribution in [0.15, 0.2) is 18.2 Å². The van der Waals surface area contributed by atoms with Crippen LogP contribution in [0.5, 0.6) is 5.75 Å². The number of aliphatic hydroxyl groups is 1. The van der Waals surface area contributed by atoms with Gasteiger partial charge in [-0.3, -0.25) is 0 Å². The van der Waals surface area contributed by atoms with Gasteiger partial charge in [0.1, 0.15) is 11.4 Å². The number of aliphatic hydroxyl groups excluding tert-OH is 1. The third-order valence-electron chi connectivity index (χ3n) is 4.47. The van der Waals surface area contributed by atoms with E-state index < -0.39 is 0 Å². The summed E-state index contributed by atoms with van der Waals surface area (Å²) in [5.41, 5.74) is 2.04. The third-order valence-corrected chi connectivity index (χ3v) is 4.47. The second kappa shape index (κ2) is 4.27. The van der Waals surface area contributed by atoms with Crippen LogP contribution < -0.4 is 4.74 Å². The predicted octanol–water partition coefficient (Wildman–Crippen LogP) is 3.76. The molecule has 18 heavy (non-hydrogen) atoms. The number of hydrogen-bond acceptors (Lipinski definition) is 2. The van der Waals surface area contributed by atoms with Crippen LogP contribution in [0.4, 0.5) is 0 Å². The summed E-state index contributed by atoms with van der Waals surface area (Å²) in [5.74, 6) is 1.60. The van der Waals surface area contributed by atoms with Gasteiger partial charge in [-0.2, -0.15) is 0 Å². The van der Waals surface area contributed by atoms with E-state index >= 15 is 0 Å². The molecule has 0 aromatic heterocycles. The van der Waals surface area contributed by atoms with Crippen molar-refractivity contribution in [2.75, 3.05) is 0 Å². The molecule has 2 heteroatoms. The highest BCUT2D eigenvalue weighted by molar-refractivity contribution is 5.41. The summed E-state index contributed by atoms with van der Waals surface area (Å²) in [6, 6.07) is 6.14. The van der Waals surface area contributed by atoms with Gasteiger partial charge in [0.25, 0.3) is 0 Å². The fraction of sp³-hybridized carbons (Fsp3) is 0.625. The maximum atomic E-state index is 10.4. The van der Waals surface area contributed by atoms with Crippen molar-refractivity contribution >= 4 is 0 Å². The average Bonchev–Trinajstić information content (AvgIpc) is 2.30. The quantitative estimate of drug-likeness (QED) is 0.755. The van der Waals surface area contributed by atoms with Crippen LogP contribution in [-0.2, 0) is 0 Å². The van der Waals surface area contributed by atoms with Crippen molar-refractivity contribution in [3.8, 4) is 5.75 Å². The Hall–Kier alpha value is -1.02. The first kappa shape index (κ1) is 12.0. The van der Waals surface area contributed by atoms with Gasteiger partial charge in [-0.15, -0.1) is 0 Å². The highest BCUT2D eigenvalue weighted by Crippen LogP contribution is 2.47. The molecule has 1 aliphatic heterocycles. The zero-order valence-electron chi connectivity index (χ0n) is 11.3. The van der Waals surface area contributed by atoms with Crippen LogP contribution in [0.1, 0.15) is 56.3 Å². The van der Waals surface area contributed by atoms with Crippen molar-refractivity contribution < 1.29 is 9.84 Å². The van der Waals surface area contributed by atoms with Gasteiger partial charge in [0.05, 0.1) is 6.10 Å². The van der Waals surface area contributed by atoms with E-state index in [1.54, 1.807) is 0 Å². The lowest BCUT2D eigenvalue weighted by Crippen LogP contribution is -2.44. The van der Waals surface area contributed by atoms with Crippen molar-refractivity contribution in [3.05, 3.63) is 29.3 Å². The summed E-state index contributed by atoms with van der Waals surface area (Å²) >= 11 is 0. The molecule has 1 aliphatic carbocycles. The van der Waals surface area contributed by atoms with E-state index in [2.05, 4.69) is 26.0 Å². The minimum Gasteiger partial charge on any atom is -0.487 e. The van der Waals surface area contributed by atoms with Gasteiger partial charge in [-0.1, -0.05) is 25.0 Å². The topological polar surface area (TPSA) is 29.5 Å². The summed E-state index contributed by atoms with van der Waals surface area (Å²) < 4.78 is 6.30. The molecule has 1 aromatic rings. The van der Waals surface area contributed by atoms with E-state index in [-0.39, 0.29) is 11.7 Å². The first-order chi connectivity index (χ1) is 8.58. The molecule has 0 amide bonds. The molecule has 1 fully saturated rings. The van der Waals surface area contributed by atoms with E-state index in [1.165, 1.54) is 18.4 Å². The number of benzene rings is 1. The van der Waals surface area contributed by atoms with E-state index in [0.717, 1.165) is 30.6 Å². The van der Waals surface area contributed by atoms with Crippen molar-refractivity contribution in [1.82, 2.24) is 0 Å². The van der Waals surface area contributed by atoms with Crippen molar-refractivity contribution in [2.24, 2.45) is 5.92 Å². The van der Waals surface area contributed by atoms with Crippen LogP contribution in [0.25, 0.3) is 0 Å². The minimum absolute atomic E-state index is 0.112. The SMILES string of the molecule is Cc1ccc2c(c1)[C@H](O)CC1(CCCC(C)C1)O2. The molecule has 1 N–H and O–H groups in total. The Bertz CT molecular complexity index is 454. The molecule has 1 saturated carbocycles. The fourth-order valence-electron chi connectivity index (χ4n) is 3.65. The number of ether oxygens (including phenoxy) is 1. The standard InChI is InChI=1S/C16H22O2/c1-11-5-6-15-13(8-11)14(17)10-16(18-15)7-3-4-12(2)9-16/h5-6,8,12,14,17H,3-4,7,9-10H2,1-2H3/t12?,14-,16?/m1/s1. The van der Waals surface area contributed by atoms with E-state index in [4.69, 9.17) is 4.74 Å². The monoisotopic (exact) mass is 246 g/mol. The van der Waals surface area contributed by atoms with E-state index in [9.17, 15) is 5.11 Å². The molecule has 1 aromatic carbocycles. The Morgan fingerprint density at radius 2 is 2.17 bits per heavy atom. The van der Waals surface area contributed by atoms with Crippen LogP contribution in [-0.4, -0.2) is 10.7 Å². The molecule has 0 saturated heterocycles. The Labute approximate surface area is 109 Å². The molecule has 0 radical (unpaired) electrons. The molecule has 1 spiro atoms. The Morgan fingerprint density at radius 3 is 2.94 bits per heavy atom. The third kappa shape index (κ3) is 2.03. The lowest BCUT2D eigenvalue weighted by molar-refractivity contribution is -0.0496. The summed E-state index contributed by atoms with van der Waals surface area (Å²) in [4.78, 5) is 0. The Balaban J connectivity index is 1.93. The summed E-state index contributed by atoms with van der Waals surface area (Å²) in [5, 5.41) is 10.4. The van der Waals surface area contributed by atoms with Crippen molar-refractivity contribution in [3.63, 3.8) is 0 Å². The predicted molar refractivity (Wildman–Crippen MR) is 71.7 cm³/mol.